The van der Waals surface area contributed by atoms with Crippen molar-refractivity contribution in [2.45, 2.75) is 27.5 Å². The Labute approximate surface area is 124 Å². The van der Waals surface area contributed by atoms with E-state index in [4.69, 9.17) is 0 Å². The first-order valence-corrected chi connectivity index (χ1v) is 7.73. The Morgan fingerprint density at radius 2 is 2.06 bits per heavy atom. The topological polar surface area (TPSA) is 17.1 Å². The highest BCUT2D eigenvalue weighted by atomic mass is 79.9. The van der Waals surface area contributed by atoms with E-state index in [-0.39, 0.29) is 27.3 Å². The number of carbonyl (C=O) groups excluding carboxylic acids is 1. The molecule has 1 atom stereocenters. The van der Waals surface area contributed by atoms with Crippen molar-refractivity contribution in [2.75, 3.05) is 0 Å². The highest BCUT2D eigenvalue weighted by molar-refractivity contribution is 9.10. The highest BCUT2D eigenvalue weighted by Gasteiger charge is 2.29. The molecule has 0 heterocycles. The van der Waals surface area contributed by atoms with E-state index in [0.29, 0.717) is 16.5 Å². The minimum absolute atomic E-state index is 0.0794. The standard InChI is InChI=1S/C11H9Br2F3OS/c1-6(13)10(17)9-3-2-8(4-7(9)5-12)18-11(14,15)16/h2-4,6H,5H2,1H3. The van der Waals surface area contributed by atoms with Gasteiger partial charge < -0.3 is 0 Å². The molecule has 0 saturated carbocycles. The van der Waals surface area contributed by atoms with E-state index in [9.17, 15) is 18.0 Å². The number of thioether (sulfide) groups is 1. The number of benzene rings is 1. The molecule has 0 bridgehead atoms. The van der Waals surface area contributed by atoms with Crippen LogP contribution in [0.5, 0.6) is 0 Å². The van der Waals surface area contributed by atoms with Crippen LogP contribution in [0.3, 0.4) is 0 Å². The molecule has 0 N–H and O–H groups in total. The number of ketones is 1. The van der Waals surface area contributed by atoms with E-state index in [0.717, 1.165) is 0 Å². The van der Waals surface area contributed by atoms with Crippen LogP contribution < -0.4 is 0 Å². The third kappa shape index (κ3) is 4.59. The van der Waals surface area contributed by atoms with Crippen molar-refractivity contribution >= 4 is 49.4 Å². The van der Waals surface area contributed by atoms with Crippen molar-refractivity contribution in [2.24, 2.45) is 0 Å². The van der Waals surface area contributed by atoms with Gasteiger partial charge in [-0.15, -0.1) is 0 Å². The van der Waals surface area contributed by atoms with E-state index in [1.54, 1.807) is 6.92 Å². The molecule has 1 unspecified atom stereocenters. The van der Waals surface area contributed by atoms with Crippen LogP contribution >= 0.6 is 43.6 Å². The Morgan fingerprint density at radius 3 is 2.50 bits per heavy atom. The van der Waals surface area contributed by atoms with Gasteiger partial charge in [-0.2, -0.15) is 13.2 Å². The van der Waals surface area contributed by atoms with E-state index >= 15 is 0 Å². The maximum Gasteiger partial charge on any atom is 0.446 e. The minimum atomic E-state index is -4.32. The predicted octanol–water partition coefficient (Wildman–Crippen LogP) is 5.16. The Morgan fingerprint density at radius 1 is 1.44 bits per heavy atom. The van der Waals surface area contributed by atoms with E-state index in [1.165, 1.54) is 18.2 Å². The summed E-state index contributed by atoms with van der Waals surface area (Å²) in [6, 6.07) is 4.13. The van der Waals surface area contributed by atoms with Crippen LogP contribution in [-0.4, -0.2) is 16.1 Å². The molecule has 1 nitrogen and oxygen atoms in total. The summed E-state index contributed by atoms with van der Waals surface area (Å²) in [5, 5.41) is 0.333. The average Bonchev–Trinajstić information content (AvgIpc) is 2.25. The molecule has 0 aromatic heterocycles. The van der Waals surface area contributed by atoms with Gasteiger partial charge in [0.2, 0.25) is 0 Å². The van der Waals surface area contributed by atoms with Crippen LogP contribution in [0.4, 0.5) is 13.2 Å². The van der Waals surface area contributed by atoms with Gasteiger partial charge in [-0.3, -0.25) is 4.79 Å². The van der Waals surface area contributed by atoms with Crippen LogP contribution in [0.15, 0.2) is 23.1 Å². The SMILES string of the molecule is CC(Br)C(=O)c1ccc(SC(F)(F)F)cc1CBr. The number of hydrogen-bond donors (Lipinski definition) is 0. The van der Waals surface area contributed by atoms with E-state index in [1.807, 2.05) is 0 Å². The summed E-state index contributed by atoms with van der Waals surface area (Å²) in [6.07, 6.45) is 0. The molecule has 1 aromatic carbocycles. The normalized spacial score (nSPS) is 13.4. The molecule has 0 aliphatic heterocycles. The van der Waals surface area contributed by atoms with Gasteiger partial charge in [0.25, 0.3) is 0 Å². The average molecular weight is 406 g/mol. The Kier molecular flexibility index (Phi) is 5.73. The maximum atomic E-state index is 12.2. The summed E-state index contributed by atoms with van der Waals surface area (Å²) in [7, 11) is 0. The van der Waals surface area contributed by atoms with Gasteiger partial charge in [-0.05, 0) is 42.4 Å². The molecule has 0 aliphatic rings. The molecule has 0 amide bonds. The first kappa shape index (κ1) is 16.0. The number of hydrogen-bond acceptors (Lipinski definition) is 2. The van der Waals surface area contributed by atoms with Crippen molar-refractivity contribution in [1.29, 1.82) is 0 Å². The zero-order valence-corrected chi connectivity index (χ0v) is 13.2. The quantitative estimate of drug-likeness (QED) is 0.391. The number of alkyl halides is 5. The van der Waals surface area contributed by atoms with Crippen molar-refractivity contribution in [3.05, 3.63) is 29.3 Å². The molecular weight excluding hydrogens is 397 g/mol. The van der Waals surface area contributed by atoms with Gasteiger partial charge in [-0.25, -0.2) is 0 Å². The van der Waals surface area contributed by atoms with Crippen LogP contribution in [0.1, 0.15) is 22.8 Å². The second kappa shape index (κ2) is 6.43. The molecule has 0 saturated heterocycles. The predicted molar refractivity (Wildman–Crippen MR) is 73.7 cm³/mol. The lowest BCUT2D eigenvalue weighted by molar-refractivity contribution is -0.0328. The molecule has 100 valence electrons. The fourth-order valence-corrected chi connectivity index (χ4v) is 2.65. The number of Topliss-reactive ketones (excluding diaryl/α,β-unsaturated/α-hetero) is 1. The summed E-state index contributed by atoms with van der Waals surface area (Å²) < 4.78 is 36.7. The third-order valence-electron chi connectivity index (χ3n) is 2.08. The van der Waals surface area contributed by atoms with Gasteiger partial charge in [0.05, 0.1) is 4.83 Å². The summed E-state index contributed by atoms with van der Waals surface area (Å²) in [6.45, 7) is 1.68. The number of rotatable bonds is 4. The molecule has 18 heavy (non-hydrogen) atoms. The largest absolute Gasteiger partial charge is 0.446 e. The Hall–Kier alpha value is -0.0100. The maximum absolute atomic E-state index is 12.2. The van der Waals surface area contributed by atoms with Crippen molar-refractivity contribution in [1.82, 2.24) is 0 Å². The van der Waals surface area contributed by atoms with Crippen molar-refractivity contribution < 1.29 is 18.0 Å². The van der Waals surface area contributed by atoms with Gasteiger partial charge in [0, 0.05) is 15.8 Å². The van der Waals surface area contributed by atoms with Gasteiger partial charge in [0.15, 0.2) is 5.78 Å². The van der Waals surface area contributed by atoms with Gasteiger partial charge >= 0.3 is 5.51 Å². The lowest BCUT2D eigenvalue weighted by Gasteiger charge is -2.11. The van der Waals surface area contributed by atoms with Crippen LogP contribution in [-0.2, 0) is 5.33 Å². The van der Waals surface area contributed by atoms with Crippen molar-refractivity contribution in [3.8, 4) is 0 Å². The second-order valence-electron chi connectivity index (χ2n) is 3.48. The summed E-state index contributed by atoms with van der Waals surface area (Å²) in [5.41, 5.74) is -3.33. The number of halogens is 5. The smallest absolute Gasteiger partial charge is 0.293 e. The Balaban J connectivity index is 3.08. The molecule has 0 radical (unpaired) electrons. The van der Waals surface area contributed by atoms with E-state index in [2.05, 4.69) is 31.9 Å². The second-order valence-corrected chi connectivity index (χ2v) is 6.55. The minimum Gasteiger partial charge on any atom is -0.293 e. The lowest BCUT2D eigenvalue weighted by Crippen LogP contribution is -2.12. The molecule has 0 aliphatic carbocycles. The van der Waals surface area contributed by atoms with Crippen LogP contribution in [0.25, 0.3) is 0 Å². The molecule has 1 rings (SSSR count). The van der Waals surface area contributed by atoms with Crippen molar-refractivity contribution in [3.63, 3.8) is 0 Å². The van der Waals surface area contributed by atoms with E-state index < -0.39 is 5.51 Å². The van der Waals surface area contributed by atoms with Gasteiger partial charge in [0.1, 0.15) is 0 Å². The Bertz CT molecular complexity index is 446. The fourth-order valence-electron chi connectivity index (χ4n) is 1.33. The third-order valence-corrected chi connectivity index (χ3v) is 3.82. The molecule has 1 aromatic rings. The van der Waals surface area contributed by atoms with Gasteiger partial charge in [-0.1, -0.05) is 31.9 Å². The summed E-state index contributed by atoms with van der Waals surface area (Å²) in [4.78, 5) is 11.5. The van der Waals surface area contributed by atoms with Crippen LogP contribution in [0, 0.1) is 0 Å². The summed E-state index contributed by atoms with van der Waals surface area (Å²) >= 11 is 6.15. The first-order chi connectivity index (χ1) is 8.24. The molecule has 7 heteroatoms. The molecular formula is C11H9Br2F3OS. The molecule has 0 fully saturated rings. The number of carbonyl (C=O) groups is 1. The fraction of sp³-hybridized carbons (Fsp3) is 0.364. The zero-order chi connectivity index (χ0) is 13.9. The monoisotopic (exact) mass is 404 g/mol. The first-order valence-electron chi connectivity index (χ1n) is 4.87. The summed E-state index contributed by atoms with van der Waals surface area (Å²) in [5.74, 6) is -0.145. The van der Waals surface area contributed by atoms with Crippen LogP contribution in [0.2, 0.25) is 0 Å². The zero-order valence-electron chi connectivity index (χ0n) is 9.22. The lowest BCUT2D eigenvalue weighted by atomic mass is 10.0. The molecule has 0 spiro atoms. The highest BCUT2D eigenvalue weighted by Crippen LogP contribution is 2.37.